The van der Waals surface area contributed by atoms with Gasteiger partial charge in [0, 0.05) is 17.6 Å². The van der Waals surface area contributed by atoms with E-state index in [0.717, 1.165) is 0 Å². The molecule has 3 nitrogen and oxygen atoms in total. The van der Waals surface area contributed by atoms with Crippen LogP contribution >= 0.6 is 46.1 Å². The lowest BCUT2D eigenvalue weighted by atomic mass is 10.2. The molecule has 0 fully saturated rings. The smallest absolute Gasteiger partial charge is 0.175 e. The number of benzene rings is 1. The van der Waals surface area contributed by atoms with Crippen molar-refractivity contribution in [3.63, 3.8) is 0 Å². The molecule has 0 radical (unpaired) electrons. The molecule has 1 N–H and O–H groups in total. The third kappa shape index (κ3) is 2.40. The van der Waals surface area contributed by atoms with Crippen LogP contribution in [0.25, 0.3) is 10.6 Å². The number of rotatable bonds is 2. The number of hydrogen-bond donors (Lipinski definition) is 1. The van der Waals surface area contributed by atoms with Crippen LogP contribution in [-0.2, 0) is 0 Å². The summed E-state index contributed by atoms with van der Waals surface area (Å²) in [5.74, 6) is 0. The Kier molecular flexibility index (Phi) is 3.98. The van der Waals surface area contributed by atoms with Gasteiger partial charge >= 0.3 is 0 Å². The van der Waals surface area contributed by atoms with Crippen LogP contribution in [0.2, 0.25) is 15.1 Å². The molecule has 0 saturated carbocycles. The second-order valence-corrected chi connectivity index (χ2v) is 5.53. The average molecular weight is 319 g/mol. The van der Waals surface area contributed by atoms with Gasteiger partial charge in [0.2, 0.25) is 0 Å². The Labute approximate surface area is 123 Å². The van der Waals surface area contributed by atoms with E-state index in [9.17, 15) is 0 Å². The number of nitrogens with zero attached hydrogens (tertiary/aromatic N) is 2. The average Bonchev–Trinajstić information content (AvgIpc) is 2.76. The lowest BCUT2D eigenvalue weighted by Crippen LogP contribution is -1.86. The molecule has 2 rings (SSSR count). The lowest BCUT2D eigenvalue weighted by molar-refractivity contribution is 1.32. The van der Waals surface area contributed by atoms with Gasteiger partial charge in [-0.2, -0.15) is 5.26 Å². The van der Waals surface area contributed by atoms with Crippen molar-refractivity contribution in [1.29, 1.82) is 5.26 Å². The standard InChI is InChI=1S/C11H6Cl3N3S/c1-16-11-8(4-15)17-10(18-11)6-2-5(12)3-7(13)9(6)14/h2-3,16H,1H3. The molecule has 0 atom stereocenters. The second-order valence-electron chi connectivity index (χ2n) is 3.31. The third-order valence-corrected chi connectivity index (χ3v) is 4.31. The summed E-state index contributed by atoms with van der Waals surface area (Å²) in [6, 6.07) is 5.25. The molecule has 0 aliphatic heterocycles. The van der Waals surface area contributed by atoms with E-state index in [2.05, 4.69) is 10.3 Å². The minimum absolute atomic E-state index is 0.324. The number of nitriles is 1. The SMILES string of the molecule is CNc1sc(-c2cc(Cl)cc(Cl)c2Cl)nc1C#N. The van der Waals surface area contributed by atoms with Crippen molar-refractivity contribution in [1.82, 2.24) is 4.98 Å². The van der Waals surface area contributed by atoms with E-state index in [4.69, 9.17) is 40.1 Å². The fourth-order valence-corrected chi connectivity index (χ4v) is 3.03. The molecule has 92 valence electrons. The minimum atomic E-state index is 0.324. The first-order valence-electron chi connectivity index (χ1n) is 4.80. The van der Waals surface area contributed by atoms with Gasteiger partial charge in [-0.25, -0.2) is 4.98 Å². The van der Waals surface area contributed by atoms with E-state index in [0.29, 0.717) is 36.3 Å². The topological polar surface area (TPSA) is 48.7 Å². The number of anilines is 1. The fourth-order valence-electron chi connectivity index (χ4n) is 1.39. The fraction of sp³-hybridized carbons (Fsp3) is 0.0909. The quantitative estimate of drug-likeness (QED) is 0.818. The predicted octanol–water partition coefficient (Wildman–Crippen LogP) is 4.68. The number of hydrogen-bond acceptors (Lipinski definition) is 4. The maximum absolute atomic E-state index is 8.96. The second kappa shape index (κ2) is 5.33. The monoisotopic (exact) mass is 317 g/mol. The van der Waals surface area contributed by atoms with Crippen molar-refractivity contribution in [3.8, 4) is 16.6 Å². The molecule has 0 spiro atoms. The van der Waals surface area contributed by atoms with Crippen LogP contribution < -0.4 is 5.32 Å². The summed E-state index contributed by atoms with van der Waals surface area (Å²) in [6.45, 7) is 0. The molecule has 1 aromatic heterocycles. The van der Waals surface area contributed by atoms with Gasteiger partial charge in [-0.05, 0) is 12.1 Å². The molecule has 2 aromatic rings. The molecular formula is C11H6Cl3N3S. The van der Waals surface area contributed by atoms with E-state index in [1.54, 1.807) is 19.2 Å². The molecule has 0 aliphatic carbocycles. The van der Waals surface area contributed by atoms with Crippen LogP contribution in [0.5, 0.6) is 0 Å². The van der Waals surface area contributed by atoms with Gasteiger partial charge in [0.25, 0.3) is 0 Å². The van der Waals surface area contributed by atoms with E-state index < -0.39 is 0 Å². The Hall–Kier alpha value is -0.990. The molecule has 0 aliphatic rings. The number of nitrogens with one attached hydrogen (secondary N) is 1. The van der Waals surface area contributed by atoms with E-state index in [-0.39, 0.29) is 0 Å². The first-order chi connectivity index (χ1) is 8.56. The van der Waals surface area contributed by atoms with Crippen LogP contribution in [0.3, 0.4) is 0 Å². The number of aromatic nitrogens is 1. The zero-order valence-corrected chi connectivity index (χ0v) is 12.2. The van der Waals surface area contributed by atoms with E-state index in [1.165, 1.54) is 11.3 Å². The Balaban J connectivity index is 2.63. The molecule has 0 amide bonds. The van der Waals surface area contributed by atoms with Gasteiger partial charge < -0.3 is 5.32 Å². The van der Waals surface area contributed by atoms with Crippen molar-refractivity contribution in [3.05, 3.63) is 32.9 Å². The summed E-state index contributed by atoms with van der Waals surface area (Å²) in [4.78, 5) is 4.21. The lowest BCUT2D eigenvalue weighted by Gasteiger charge is -2.03. The summed E-state index contributed by atoms with van der Waals surface area (Å²) >= 11 is 19.3. The summed E-state index contributed by atoms with van der Waals surface area (Å²) in [7, 11) is 1.73. The van der Waals surface area contributed by atoms with Crippen molar-refractivity contribution < 1.29 is 0 Å². The zero-order chi connectivity index (χ0) is 13.3. The third-order valence-electron chi connectivity index (χ3n) is 2.18. The van der Waals surface area contributed by atoms with Crippen molar-refractivity contribution in [2.75, 3.05) is 12.4 Å². The van der Waals surface area contributed by atoms with Gasteiger partial charge in [-0.3, -0.25) is 0 Å². The maximum Gasteiger partial charge on any atom is 0.175 e. The van der Waals surface area contributed by atoms with Crippen LogP contribution in [-0.4, -0.2) is 12.0 Å². The molecule has 18 heavy (non-hydrogen) atoms. The molecule has 0 bridgehead atoms. The molecule has 1 heterocycles. The van der Waals surface area contributed by atoms with Gasteiger partial charge in [-0.1, -0.05) is 46.1 Å². The van der Waals surface area contributed by atoms with Crippen molar-refractivity contribution >= 4 is 51.1 Å². The maximum atomic E-state index is 8.96. The zero-order valence-electron chi connectivity index (χ0n) is 9.09. The van der Waals surface area contributed by atoms with Crippen LogP contribution in [0.1, 0.15) is 5.69 Å². The predicted molar refractivity (Wildman–Crippen MR) is 76.8 cm³/mol. The normalized spacial score (nSPS) is 10.2. The molecule has 0 saturated heterocycles. The van der Waals surface area contributed by atoms with Crippen molar-refractivity contribution in [2.24, 2.45) is 0 Å². The van der Waals surface area contributed by atoms with Crippen LogP contribution in [0.4, 0.5) is 5.00 Å². The Morgan fingerprint density at radius 2 is 2.06 bits per heavy atom. The largest absolute Gasteiger partial charge is 0.378 e. The Morgan fingerprint density at radius 1 is 1.33 bits per heavy atom. The highest BCUT2D eigenvalue weighted by molar-refractivity contribution is 7.19. The molecule has 7 heteroatoms. The van der Waals surface area contributed by atoms with Gasteiger partial charge in [0.05, 0.1) is 10.0 Å². The van der Waals surface area contributed by atoms with Gasteiger partial charge in [0.15, 0.2) is 5.69 Å². The summed E-state index contributed by atoms with van der Waals surface area (Å²) in [5, 5.41) is 14.4. The summed E-state index contributed by atoms with van der Waals surface area (Å²) < 4.78 is 0. The Morgan fingerprint density at radius 3 is 2.61 bits per heavy atom. The van der Waals surface area contributed by atoms with Crippen molar-refractivity contribution in [2.45, 2.75) is 0 Å². The van der Waals surface area contributed by atoms with Crippen LogP contribution in [0, 0.1) is 11.3 Å². The van der Waals surface area contributed by atoms with E-state index >= 15 is 0 Å². The highest BCUT2D eigenvalue weighted by Gasteiger charge is 2.16. The summed E-state index contributed by atoms with van der Waals surface area (Å²) in [6.07, 6.45) is 0. The minimum Gasteiger partial charge on any atom is -0.378 e. The number of thiazole rings is 1. The Bertz CT molecular complexity index is 646. The highest BCUT2D eigenvalue weighted by atomic mass is 35.5. The summed E-state index contributed by atoms with van der Waals surface area (Å²) in [5.41, 5.74) is 0.946. The van der Waals surface area contributed by atoms with Gasteiger partial charge in [0.1, 0.15) is 16.1 Å². The molecule has 0 unspecified atom stereocenters. The van der Waals surface area contributed by atoms with Gasteiger partial charge in [-0.15, -0.1) is 0 Å². The first-order valence-corrected chi connectivity index (χ1v) is 6.75. The highest BCUT2D eigenvalue weighted by Crippen LogP contribution is 2.40. The molecule has 1 aromatic carbocycles. The molecular weight excluding hydrogens is 313 g/mol. The first kappa shape index (κ1) is 13.4. The van der Waals surface area contributed by atoms with Crippen LogP contribution in [0.15, 0.2) is 12.1 Å². The van der Waals surface area contributed by atoms with E-state index in [1.807, 2.05) is 6.07 Å². The number of halogens is 3.